The Hall–Kier alpha value is -1.72. The van der Waals surface area contributed by atoms with Crippen molar-refractivity contribution in [1.82, 2.24) is 5.32 Å². The number of carbonyl (C=O) groups excluding carboxylic acids is 2. The molecule has 1 fully saturated rings. The molecule has 0 aliphatic carbocycles. The number of morpholine rings is 1. The SMILES string of the molecule is O=C1Cc2cc(C(=O)CC3COCCN3)ccc2N1. The molecule has 0 saturated carbocycles. The summed E-state index contributed by atoms with van der Waals surface area (Å²) >= 11 is 0. The fourth-order valence-corrected chi connectivity index (χ4v) is 2.50. The van der Waals surface area contributed by atoms with Crippen LogP contribution in [0, 0.1) is 0 Å². The van der Waals surface area contributed by atoms with Gasteiger partial charge < -0.3 is 15.4 Å². The van der Waals surface area contributed by atoms with Crippen molar-refractivity contribution in [2.24, 2.45) is 0 Å². The van der Waals surface area contributed by atoms with Gasteiger partial charge >= 0.3 is 0 Å². The van der Waals surface area contributed by atoms with Crippen LogP contribution in [0.2, 0.25) is 0 Å². The van der Waals surface area contributed by atoms with Gasteiger partial charge in [-0.15, -0.1) is 0 Å². The maximum absolute atomic E-state index is 12.2. The summed E-state index contributed by atoms with van der Waals surface area (Å²) in [6.07, 6.45) is 0.793. The monoisotopic (exact) mass is 260 g/mol. The first-order valence-corrected chi connectivity index (χ1v) is 6.49. The van der Waals surface area contributed by atoms with Gasteiger partial charge in [0.2, 0.25) is 5.91 Å². The molecule has 1 aromatic rings. The topological polar surface area (TPSA) is 67.4 Å². The van der Waals surface area contributed by atoms with Crippen molar-refractivity contribution in [1.29, 1.82) is 0 Å². The van der Waals surface area contributed by atoms with Gasteiger partial charge in [0, 0.05) is 30.3 Å². The molecule has 1 saturated heterocycles. The fourth-order valence-electron chi connectivity index (χ4n) is 2.50. The summed E-state index contributed by atoms with van der Waals surface area (Å²) in [4.78, 5) is 23.5. The van der Waals surface area contributed by atoms with Crippen molar-refractivity contribution in [3.8, 4) is 0 Å². The number of Topliss-reactive ketones (excluding diaryl/α,β-unsaturated/α-hetero) is 1. The molecule has 1 atom stereocenters. The Kier molecular flexibility index (Phi) is 3.31. The molecule has 2 N–H and O–H groups in total. The van der Waals surface area contributed by atoms with E-state index >= 15 is 0 Å². The number of hydrogen-bond acceptors (Lipinski definition) is 4. The van der Waals surface area contributed by atoms with E-state index in [0.717, 1.165) is 17.8 Å². The van der Waals surface area contributed by atoms with Crippen LogP contribution in [-0.4, -0.2) is 37.5 Å². The molecule has 100 valence electrons. The minimum atomic E-state index is -0.0121. The second kappa shape index (κ2) is 5.11. The summed E-state index contributed by atoms with van der Waals surface area (Å²) in [5, 5.41) is 6.03. The maximum Gasteiger partial charge on any atom is 0.228 e. The van der Waals surface area contributed by atoms with Crippen LogP contribution < -0.4 is 10.6 Å². The highest BCUT2D eigenvalue weighted by atomic mass is 16.5. The van der Waals surface area contributed by atoms with E-state index in [-0.39, 0.29) is 17.7 Å². The Balaban J connectivity index is 1.70. The van der Waals surface area contributed by atoms with Crippen LogP contribution in [0.15, 0.2) is 18.2 Å². The molecule has 5 nitrogen and oxygen atoms in total. The van der Waals surface area contributed by atoms with E-state index in [1.165, 1.54) is 0 Å². The number of rotatable bonds is 3. The first-order chi connectivity index (χ1) is 9.22. The van der Waals surface area contributed by atoms with E-state index < -0.39 is 0 Å². The molecular weight excluding hydrogens is 244 g/mol. The average molecular weight is 260 g/mol. The highest BCUT2D eigenvalue weighted by Gasteiger charge is 2.21. The normalized spacial score (nSPS) is 21.9. The zero-order valence-electron chi connectivity index (χ0n) is 10.6. The molecule has 0 radical (unpaired) electrons. The number of anilines is 1. The molecule has 1 unspecified atom stereocenters. The van der Waals surface area contributed by atoms with E-state index in [0.29, 0.717) is 31.6 Å². The molecule has 19 heavy (non-hydrogen) atoms. The summed E-state index contributed by atoms with van der Waals surface area (Å²) in [6.45, 7) is 2.08. The zero-order valence-corrected chi connectivity index (χ0v) is 10.6. The van der Waals surface area contributed by atoms with Gasteiger partial charge in [-0.1, -0.05) is 0 Å². The van der Waals surface area contributed by atoms with Gasteiger partial charge in [0.05, 0.1) is 19.6 Å². The molecule has 2 aliphatic heterocycles. The minimum Gasteiger partial charge on any atom is -0.378 e. The van der Waals surface area contributed by atoms with Gasteiger partial charge in [-0.2, -0.15) is 0 Å². The van der Waals surface area contributed by atoms with Crippen LogP contribution in [0.4, 0.5) is 5.69 Å². The van der Waals surface area contributed by atoms with E-state index in [1.807, 2.05) is 6.07 Å². The van der Waals surface area contributed by atoms with Gasteiger partial charge in [-0.3, -0.25) is 9.59 Å². The third-order valence-electron chi connectivity index (χ3n) is 3.48. The maximum atomic E-state index is 12.2. The fraction of sp³-hybridized carbons (Fsp3) is 0.429. The van der Waals surface area contributed by atoms with Crippen LogP contribution in [0.5, 0.6) is 0 Å². The van der Waals surface area contributed by atoms with E-state index in [2.05, 4.69) is 10.6 Å². The lowest BCUT2D eigenvalue weighted by atomic mass is 10.0. The summed E-state index contributed by atoms with van der Waals surface area (Å²) in [5.74, 6) is 0.0760. The number of fused-ring (bicyclic) bond motifs is 1. The minimum absolute atomic E-state index is 0.0121. The van der Waals surface area contributed by atoms with Crippen LogP contribution in [0.1, 0.15) is 22.3 Å². The Morgan fingerprint density at radius 3 is 3.11 bits per heavy atom. The van der Waals surface area contributed by atoms with Crippen molar-refractivity contribution in [3.05, 3.63) is 29.3 Å². The second-order valence-corrected chi connectivity index (χ2v) is 4.95. The quantitative estimate of drug-likeness (QED) is 0.787. The van der Waals surface area contributed by atoms with E-state index in [9.17, 15) is 9.59 Å². The first kappa shape index (κ1) is 12.3. The third kappa shape index (κ3) is 2.67. The predicted octanol–water partition coefficient (Wildman–Crippen LogP) is 0.742. The lowest BCUT2D eigenvalue weighted by Gasteiger charge is -2.23. The average Bonchev–Trinajstić information content (AvgIpc) is 2.78. The van der Waals surface area contributed by atoms with Crippen molar-refractivity contribution in [3.63, 3.8) is 0 Å². The van der Waals surface area contributed by atoms with Crippen LogP contribution in [0.3, 0.4) is 0 Å². The molecule has 3 rings (SSSR count). The molecule has 0 aromatic heterocycles. The van der Waals surface area contributed by atoms with Gasteiger partial charge in [-0.05, 0) is 23.8 Å². The van der Waals surface area contributed by atoms with Gasteiger partial charge in [-0.25, -0.2) is 0 Å². The summed E-state index contributed by atoms with van der Waals surface area (Å²) in [6, 6.07) is 5.49. The number of ketones is 1. The van der Waals surface area contributed by atoms with E-state index in [1.54, 1.807) is 12.1 Å². The highest BCUT2D eigenvalue weighted by molar-refractivity contribution is 6.02. The lowest BCUT2D eigenvalue weighted by molar-refractivity contribution is -0.115. The standard InChI is InChI=1S/C14H16N2O3/c17-13(7-11-8-19-4-3-15-11)9-1-2-12-10(5-9)6-14(18)16-12/h1-2,5,11,15H,3-4,6-8H2,(H,16,18). The van der Waals surface area contributed by atoms with Gasteiger partial charge in [0.15, 0.2) is 5.78 Å². The third-order valence-corrected chi connectivity index (χ3v) is 3.48. The van der Waals surface area contributed by atoms with Crippen LogP contribution >= 0.6 is 0 Å². The number of amides is 1. The number of benzene rings is 1. The Labute approximate surface area is 111 Å². The summed E-state index contributed by atoms with van der Waals surface area (Å²) in [5.41, 5.74) is 2.40. The van der Waals surface area contributed by atoms with Gasteiger partial charge in [0.25, 0.3) is 0 Å². The number of carbonyl (C=O) groups is 2. The van der Waals surface area contributed by atoms with Crippen molar-refractivity contribution < 1.29 is 14.3 Å². The Morgan fingerprint density at radius 1 is 1.42 bits per heavy atom. The smallest absolute Gasteiger partial charge is 0.228 e. The highest BCUT2D eigenvalue weighted by Crippen LogP contribution is 2.24. The number of hydrogen-bond donors (Lipinski definition) is 2. The van der Waals surface area contributed by atoms with Crippen molar-refractivity contribution in [2.45, 2.75) is 18.9 Å². The van der Waals surface area contributed by atoms with Crippen LogP contribution in [0.25, 0.3) is 0 Å². The Bertz CT molecular complexity index is 521. The second-order valence-electron chi connectivity index (χ2n) is 4.95. The molecule has 0 bridgehead atoms. The largest absolute Gasteiger partial charge is 0.378 e. The van der Waals surface area contributed by atoms with Gasteiger partial charge in [0.1, 0.15) is 0 Å². The molecule has 2 heterocycles. The lowest BCUT2D eigenvalue weighted by Crippen LogP contribution is -2.42. The molecule has 5 heteroatoms. The van der Waals surface area contributed by atoms with Crippen molar-refractivity contribution in [2.75, 3.05) is 25.1 Å². The molecule has 0 spiro atoms. The molecule has 1 aromatic carbocycles. The zero-order chi connectivity index (χ0) is 13.2. The predicted molar refractivity (Wildman–Crippen MR) is 70.3 cm³/mol. The number of ether oxygens (including phenoxy) is 1. The van der Waals surface area contributed by atoms with Crippen molar-refractivity contribution >= 4 is 17.4 Å². The molecule has 1 amide bonds. The summed E-state index contributed by atoms with van der Waals surface area (Å²) in [7, 11) is 0. The van der Waals surface area contributed by atoms with E-state index in [4.69, 9.17) is 4.74 Å². The molecule has 2 aliphatic rings. The Morgan fingerprint density at radius 2 is 2.32 bits per heavy atom. The molecular formula is C14H16N2O3. The van der Waals surface area contributed by atoms with Crippen LogP contribution in [-0.2, 0) is 16.0 Å². The first-order valence-electron chi connectivity index (χ1n) is 6.49. The summed E-state index contributed by atoms with van der Waals surface area (Å²) < 4.78 is 5.34. The number of nitrogens with one attached hydrogen (secondary N) is 2.